The molecule has 0 aliphatic carbocycles. The van der Waals surface area contributed by atoms with Gasteiger partial charge in [-0.15, -0.1) is 0 Å². The van der Waals surface area contributed by atoms with Crippen molar-refractivity contribution in [3.63, 3.8) is 0 Å². The zero-order chi connectivity index (χ0) is 18.6. The van der Waals surface area contributed by atoms with E-state index in [0.717, 1.165) is 4.70 Å². The summed E-state index contributed by atoms with van der Waals surface area (Å²) in [7, 11) is 1.59. The molecule has 0 saturated heterocycles. The van der Waals surface area contributed by atoms with Crippen molar-refractivity contribution in [2.24, 2.45) is 0 Å². The van der Waals surface area contributed by atoms with E-state index in [1.54, 1.807) is 37.6 Å². The number of carbonyl (C=O) groups excluding carboxylic acids is 1. The summed E-state index contributed by atoms with van der Waals surface area (Å²) < 4.78 is 12.0. The van der Waals surface area contributed by atoms with Crippen molar-refractivity contribution >= 4 is 32.6 Å². The molecule has 27 heavy (non-hydrogen) atoms. The third-order valence-electron chi connectivity index (χ3n) is 3.80. The quantitative estimate of drug-likeness (QED) is 0.544. The van der Waals surface area contributed by atoms with Crippen LogP contribution in [0.15, 0.2) is 66.9 Å². The van der Waals surface area contributed by atoms with Crippen LogP contribution in [0.3, 0.4) is 0 Å². The second kappa shape index (κ2) is 7.43. The molecular formula is C20H15N3O3S. The molecule has 4 rings (SSSR count). The number of nitrogens with zero attached hydrogens (tertiary/aromatic N) is 2. The highest BCUT2D eigenvalue weighted by Gasteiger charge is 2.17. The van der Waals surface area contributed by atoms with Crippen molar-refractivity contribution in [3.05, 3.63) is 72.4 Å². The minimum Gasteiger partial charge on any atom is -0.494 e. The van der Waals surface area contributed by atoms with E-state index in [2.05, 4.69) is 15.3 Å². The lowest BCUT2D eigenvalue weighted by Gasteiger charge is -2.09. The standard InChI is InChI=1S/C20H15N3O3S/c1-25-15-10-5-11-16-17(15)22-20(27-16)23-18(24)14-9-6-12-21-19(14)26-13-7-3-2-4-8-13/h2-12H,1H3,(H,22,23,24). The van der Waals surface area contributed by atoms with Crippen LogP contribution in [-0.2, 0) is 0 Å². The fraction of sp³-hybridized carbons (Fsp3) is 0.0500. The molecule has 0 aliphatic rings. The summed E-state index contributed by atoms with van der Waals surface area (Å²) in [6, 6.07) is 18.2. The van der Waals surface area contributed by atoms with E-state index in [9.17, 15) is 4.79 Å². The summed E-state index contributed by atoms with van der Waals surface area (Å²) in [6.07, 6.45) is 1.58. The van der Waals surface area contributed by atoms with Crippen molar-refractivity contribution < 1.29 is 14.3 Å². The number of methoxy groups -OCH3 is 1. The van der Waals surface area contributed by atoms with Gasteiger partial charge in [-0.1, -0.05) is 35.6 Å². The molecule has 0 aliphatic heterocycles. The number of aromatic nitrogens is 2. The molecule has 134 valence electrons. The van der Waals surface area contributed by atoms with Gasteiger partial charge in [0.1, 0.15) is 22.6 Å². The molecule has 0 saturated carbocycles. The topological polar surface area (TPSA) is 73.3 Å². The number of para-hydroxylation sites is 2. The molecule has 0 radical (unpaired) electrons. The zero-order valence-electron chi connectivity index (χ0n) is 14.4. The average Bonchev–Trinajstić information content (AvgIpc) is 3.11. The molecule has 0 spiro atoms. The maximum atomic E-state index is 12.8. The van der Waals surface area contributed by atoms with Crippen LogP contribution in [0.5, 0.6) is 17.4 Å². The van der Waals surface area contributed by atoms with E-state index >= 15 is 0 Å². The summed E-state index contributed by atoms with van der Waals surface area (Å²) in [4.78, 5) is 21.4. The van der Waals surface area contributed by atoms with Gasteiger partial charge in [0, 0.05) is 6.20 Å². The molecular weight excluding hydrogens is 362 g/mol. The third kappa shape index (κ3) is 3.58. The molecule has 7 heteroatoms. The highest BCUT2D eigenvalue weighted by molar-refractivity contribution is 7.22. The first kappa shape index (κ1) is 17.0. The summed E-state index contributed by atoms with van der Waals surface area (Å²) in [5, 5.41) is 3.30. The Morgan fingerprint density at radius 3 is 2.70 bits per heavy atom. The van der Waals surface area contributed by atoms with E-state index in [0.29, 0.717) is 27.7 Å². The largest absolute Gasteiger partial charge is 0.494 e. The second-order valence-corrected chi connectivity index (χ2v) is 6.58. The van der Waals surface area contributed by atoms with E-state index in [1.165, 1.54) is 11.3 Å². The van der Waals surface area contributed by atoms with Crippen LogP contribution in [0.2, 0.25) is 0 Å². The smallest absolute Gasteiger partial charge is 0.262 e. The molecule has 0 unspecified atom stereocenters. The normalized spacial score (nSPS) is 10.6. The van der Waals surface area contributed by atoms with E-state index in [-0.39, 0.29) is 11.8 Å². The molecule has 1 amide bonds. The summed E-state index contributed by atoms with van der Waals surface area (Å²) >= 11 is 1.38. The Morgan fingerprint density at radius 1 is 1.04 bits per heavy atom. The Morgan fingerprint density at radius 2 is 1.89 bits per heavy atom. The first-order valence-corrected chi connectivity index (χ1v) is 8.99. The zero-order valence-corrected chi connectivity index (χ0v) is 15.2. The number of ether oxygens (including phenoxy) is 2. The van der Waals surface area contributed by atoms with Gasteiger partial charge >= 0.3 is 0 Å². The Hall–Kier alpha value is -3.45. The number of hydrogen-bond donors (Lipinski definition) is 1. The van der Waals surface area contributed by atoms with E-state index in [1.807, 2.05) is 36.4 Å². The predicted octanol–water partition coefficient (Wildman–Crippen LogP) is 4.74. The Bertz CT molecular complexity index is 1100. The van der Waals surface area contributed by atoms with Crippen LogP contribution < -0.4 is 14.8 Å². The first-order chi connectivity index (χ1) is 13.2. The number of thiazole rings is 1. The fourth-order valence-electron chi connectivity index (χ4n) is 2.55. The van der Waals surface area contributed by atoms with Crippen LogP contribution in [-0.4, -0.2) is 23.0 Å². The Balaban J connectivity index is 1.60. The van der Waals surface area contributed by atoms with Crippen LogP contribution >= 0.6 is 11.3 Å². The first-order valence-electron chi connectivity index (χ1n) is 8.17. The molecule has 6 nitrogen and oxygen atoms in total. The van der Waals surface area contributed by atoms with Crippen molar-refractivity contribution in [1.82, 2.24) is 9.97 Å². The van der Waals surface area contributed by atoms with Crippen LogP contribution in [0.1, 0.15) is 10.4 Å². The van der Waals surface area contributed by atoms with Crippen LogP contribution in [0.4, 0.5) is 5.13 Å². The van der Waals surface area contributed by atoms with Crippen molar-refractivity contribution in [1.29, 1.82) is 0 Å². The maximum Gasteiger partial charge on any atom is 0.262 e. The van der Waals surface area contributed by atoms with Gasteiger partial charge in [0.2, 0.25) is 5.88 Å². The minimum atomic E-state index is -0.341. The van der Waals surface area contributed by atoms with Crippen molar-refractivity contribution in [3.8, 4) is 17.4 Å². The summed E-state index contributed by atoms with van der Waals surface area (Å²) in [5.41, 5.74) is 1.04. The third-order valence-corrected chi connectivity index (χ3v) is 4.73. The SMILES string of the molecule is COc1cccc2sc(NC(=O)c3cccnc3Oc3ccccc3)nc12. The number of carbonyl (C=O) groups is 1. The predicted molar refractivity (Wildman–Crippen MR) is 105 cm³/mol. The minimum absolute atomic E-state index is 0.236. The van der Waals surface area contributed by atoms with Gasteiger partial charge in [0.15, 0.2) is 5.13 Å². The molecule has 0 bridgehead atoms. The molecule has 4 aromatic rings. The number of anilines is 1. The lowest BCUT2D eigenvalue weighted by atomic mass is 10.2. The summed E-state index contributed by atoms with van der Waals surface area (Å²) in [5.74, 6) is 1.17. The van der Waals surface area contributed by atoms with Gasteiger partial charge in [-0.2, -0.15) is 0 Å². The van der Waals surface area contributed by atoms with E-state index in [4.69, 9.17) is 9.47 Å². The van der Waals surface area contributed by atoms with E-state index < -0.39 is 0 Å². The molecule has 0 atom stereocenters. The van der Waals surface area contributed by atoms with Crippen LogP contribution in [0, 0.1) is 0 Å². The van der Waals surface area contributed by atoms with Gasteiger partial charge in [-0.05, 0) is 36.4 Å². The molecule has 1 N–H and O–H groups in total. The number of benzene rings is 2. The lowest BCUT2D eigenvalue weighted by molar-refractivity contribution is 0.102. The number of amides is 1. The second-order valence-electron chi connectivity index (χ2n) is 5.55. The number of nitrogens with one attached hydrogen (secondary N) is 1. The number of rotatable bonds is 5. The van der Waals surface area contributed by atoms with Gasteiger partial charge in [0.05, 0.1) is 11.8 Å². The van der Waals surface area contributed by atoms with Gasteiger partial charge in [-0.3, -0.25) is 10.1 Å². The fourth-order valence-corrected chi connectivity index (χ4v) is 3.43. The highest BCUT2D eigenvalue weighted by Crippen LogP contribution is 2.32. The van der Waals surface area contributed by atoms with Crippen molar-refractivity contribution in [2.75, 3.05) is 12.4 Å². The average molecular weight is 377 g/mol. The molecule has 2 aromatic carbocycles. The van der Waals surface area contributed by atoms with Crippen LogP contribution in [0.25, 0.3) is 10.2 Å². The lowest BCUT2D eigenvalue weighted by Crippen LogP contribution is -2.13. The Labute approximate surface area is 159 Å². The molecule has 2 heterocycles. The monoisotopic (exact) mass is 377 g/mol. The summed E-state index contributed by atoms with van der Waals surface area (Å²) in [6.45, 7) is 0. The Kier molecular flexibility index (Phi) is 4.67. The highest BCUT2D eigenvalue weighted by atomic mass is 32.1. The van der Waals surface area contributed by atoms with Gasteiger partial charge < -0.3 is 9.47 Å². The van der Waals surface area contributed by atoms with Gasteiger partial charge in [0.25, 0.3) is 5.91 Å². The maximum absolute atomic E-state index is 12.8. The van der Waals surface area contributed by atoms with Crippen molar-refractivity contribution in [2.45, 2.75) is 0 Å². The molecule has 0 fully saturated rings. The number of pyridine rings is 1. The number of fused-ring (bicyclic) bond motifs is 1. The number of hydrogen-bond acceptors (Lipinski definition) is 6. The van der Waals surface area contributed by atoms with Gasteiger partial charge in [-0.25, -0.2) is 9.97 Å². The molecule has 2 aromatic heterocycles.